The van der Waals surface area contributed by atoms with Gasteiger partial charge in [-0.05, 0) is 24.6 Å². The largest absolute Gasteiger partial charge is 0.496 e. The fourth-order valence-corrected chi connectivity index (χ4v) is 1.97. The lowest BCUT2D eigenvalue weighted by Gasteiger charge is -2.11. The van der Waals surface area contributed by atoms with Crippen LogP contribution in [0.2, 0.25) is 0 Å². The summed E-state index contributed by atoms with van der Waals surface area (Å²) in [7, 11) is 1.46. The number of anilines is 1. The van der Waals surface area contributed by atoms with Crippen molar-refractivity contribution in [1.29, 1.82) is 0 Å². The van der Waals surface area contributed by atoms with Gasteiger partial charge in [0.1, 0.15) is 5.75 Å². The summed E-state index contributed by atoms with van der Waals surface area (Å²) in [5.74, 6) is 0.469. The zero-order valence-electron chi connectivity index (χ0n) is 12.7. The van der Waals surface area contributed by atoms with Gasteiger partial charge in [0.15, 0.2) is 0 Å². The molecule has 2 N–H and O–H groups in total. The summed E-state index contributed by atoms with van der Waals surface area (Å²) in [6.07, 6.45) is 3.21. The van der Waals surface area contributed by atoms with Gasteiger partial charge in [0, 0.05) is 42.3 Å². The fourth-order valence-electron chi connectivity index (χ4n) is 1.97. The van der Waals surface area contributed by atoms with Gasteiger partial charge in [-0.1, -0.05) is 0 Å². The van der Waals surface area contributed by atoms with E-state index in [2.05, 4.69) is 15.6 Å². The van der Waals surface area contributed by atoms with Crippen LogP contribution in [0.25, 0.3) is 0 Å². The molecule has 120 valence electrons. The van der Waals surface area contributed by atoms with E-state index in [1.165, 1.54) is 25.3 Å². The number of hydrogen-bond acceptors (Lipinski definition) is 5. The van der Waals surface area contributed by atoms with Crippen LogP contribution in [0.15, 0.2) is 36.7 Å². The molecule has 0 spiro atoms. The first-order chi connectivity index (χ1) is 11.0. The van der Waals surface area contributed by atoms with Crippen molar-refractivity contribution in [1.82, 2.24) is 10.3 Å². The summed E-state index contributed by atoms with van der Waals surface area (Å²) in [5, 5.41) is 16.2. The first kappa shape index (κ1) is 16.2. The minimum Gasteiger partial charge on any atom is -0.496 e. The van der Waals surface area contributed by atoms with Crippen molar-refractivity contribution in [3.63, 3.8) is 0 Å². The van der Waals surface area contributed by atoms with Crippen LogP contribution in [0.3, 0.4) is 0 Å². The minimum atomic E-state index is -0.497. The number of urea groups is 1. The van der Waals surface area contributed by atoms with Crippen LogP contribution in [-0.2, 0) is 6.54 Å². The number of benzene rings is 1. The summed E-state index contributed by atoms with van der Waals surface area (Å²) in [6, 6.07) is 5.48. The highest BCUT2D eigenvalue weighted by molar-refractivity contribution is 5.89. The van der Waals surface area contributed by atoms with E-state index in [0.29, 0.717) is 17.0 Å². The SMILES string of the molecule is COc1ccc([N+](=O)[O-])cc1CNC(=O)Nc1ccncc1C. The van der Waals surface area contributed by atoms with Crippen LogP contribution in [0.1, 0.15) is 11.1 Å². The highest BCUT2D eigenvalue weighted by atomic mass is 16.6. The van der Waals surface area contributed by atoms with Gasteiger partial charge < -0.3 is 15.4 Å². The Morgan fingerprint density at radius 3 is 2.83 bits per heavy atom. The van der Waals surface area contributed by atoms with Crippen LogP contribution >= 0.6 is 0 Å². The molecular formula is C15H16N4O4. The van der Waals surface area contributed by atoms with Crippen LogP contribution in [0.5, 0.6) is 5.75 Å². The van der Waals surface area contributed by atoms with E-state index in [1.807, 2.05) is 6.92 Å². The molecule has 1 aromatic heterocycles. The number of methoxy groups -OCH3 is 1. The Kier molecular flexibility index (Phi) is 5.08. The Labute approximate surface area is 132 Å². The number of aryl methyl sites for hydroxylation is 1. The van der Waals surface area contributed by atoms with Crippen molar-refractivity contribution in [3.05, 3.63) is 57.9 Å². The summed E-state index contributed by atoms with van der Waals surface area (Å²) in [5.41, 5.74) is 1.93. The molecule has 2 amide bonds. The summed E-state index contributed by atoms with van der Waals surface area (Å²) >= 11 is 0. The van der Waals surface area contributed by atoms with Gasteiger partial charge in [0.25, 0.3) is 5.69 Å². The van der Waals surface area contributed by atoms with Crippen LogP contribution in [0.4, 0.5) is 16.2 Å². The first-order valence-electron chi connectivity index (χ1n) is 6.78. The Morgan fingerprint density at radius 2 is 2.17 bits per heavy atom. The molecule has 0 radical (unpaired) electrons. The van der Waals surface area contributed by atoms with Crippen molar-refractivity contribution < 1.29 is 14.5 Å². The lowest BCUT2D eigenvalue weighted by Crippen LogP contribution is -2.28. The number of rotatable bonds is 5. The Hall–Kier alpha value is -3.16. The number of nitrogens with one attached hydrogen (secondary N) is 2. The quantitative estimate of drug-likeness (QED) is 0.651. The molecule has 8 heteroatoms. The molecule has 0 bridgehead atoms. The average molecular weight is 316 g/mol. The summed E-state index contributed by atoms with van der Waals surface area (Å²) < 4.78 is 5.15. The number of amides is 2. The number of nitrogens with zero attached hydrogens (tertiary/aromatic N) is 2. The van der Waals surface area contributed by atoms with E-state index in [1.54, 1.807) is 18.5 Å². The molecule has 2 aromatic rings. The third-order valence-corrected chi connectivity index (χ3v) is 3.18. The molecule has 0 aliphatic carbocycles. The second-order valence-corrected chi connectivity index (χ2v) is 4.75. The molecule has 0 aliphatic heterocycles. The molecular weight excluding hydrogens is 300 g/mol. The average Bonchev–Trinajstić information content (AvgIpc) is 2.54. The highest BCUT2D eigenvalue weighted by Gasteiger charge is 2.12. The van der Waals surface area contributed by atoms with Gasteiger partial charge in [-0.2, -0.15) is 0 Å². The van der Waals surface area contributed by atoms with Crippen molar-refractivity contribution in [2.24, 2.45) is 0 Å². The van der Waals surface area contributed by atoms with Gasteiger partial charge >= 0.3 is 6.03 Å². The second-order valence-electron chi connectivity index (χ2n) is 4.75. The van der Waals surface area contributed by atoms with E-state index in [0.717, 1.165) is 5.56 Å². The molecule has 0 atom stereocenters. The smallest absolute Gasteiger partial charge is 0.319 e. The van der Waals surface area contributed by atoms with Crippen LogP contribution in [0, 0.1) is 17.0 Å². The highest BCUT2D eigenvalue weighted by Crippen LogP contribution is 2.23. The molecule has 0 fully saturated rings. The molecule has 0 saturated heterocycles. The van der Waals surface area contributed by atoms with E-state index >= 15 is 0 Å². The van der Waals surface area contributed by atoms with Gasteiger partial charge in [0.2, 0.25) is 0 Å². The summed E-state index contributed by atoms with van der Waals surface area (Å²) in [6.45, 7) is 1.92. The standard InChI is InChI=1S/C15H16N4O4/c1-10-8-16-6-5-13(10)18-15(20)17-9-11-7-12(19(21)22)3-4-14(11)23-2/h3-8H,9H2,1-2H3,(H2,16,17,18,20). The van der Waals surface area contributed by atoms with Crippen molar-refractivity contribution in [2.75, 3.05) is 12.4 Å². The van der Waals surface area contributed by atoms with Crippen molar-refractivity contribution >= 4 is 17.4 Å². The number of carbonyl (C=O) groups is 1. The number of carbonyl (C=O) groups excluding carboxylic acids is 1. The zero-order chi connectivity index (χ0) is 16.8. The number of nitro benzene ring substituents is 1. The van der Waals surface area contributed by atoms with Crippen molar-refractivity contribution in [3.8, 4) is 5.75 Å². The first-order valence-corrected chi connectivity index (χ1v) is 6.78. The number of nitro groups is 1. The van der Waals surface area contributed by atoms with E-state index in [4.69, 9.17) is 4.74 Å². The monoisotopic (exact) mass is 316 g/mol. The Bertz CT molecular complexity index is 733. The van der Waals surface area contributed by atoms with Gasteiger partial charge in [-0.25, -0.2) is 4.79 Å². The lowest BCUT2D eigenvalue weighted by molar-refractivity contribution is -0.384. The third kappa shape index (κ3) is 4.16. The Morgan fingerprint density at radius 1 is 1.39 bits per heavy atom. The third-order valence-electron chi connectivity index (χ3n) is 3.18. The number of pyridine rings is 1. The van der Waals surface area contributed by atoms with E-state index in [9.17, 15) is 14.9 Å². The van der Waals surface area contributed by atoms with E-state index < -0.39 is 11.0 Å². The second kappa shape index (κ2) is 7.21. The number of non-ortho nitro benzene ring substituents is 1. The Balaban J connectivity index is 2.05. The maximum Gasteiger partial charge on any atom is 0.319 e. The molecule has 0 unspecified atom stereocenters. The topological polar surface area (TPSA) is 106 Å². The molecule has 0 saturated carbocycles. The van der Waals surface area contributed by atoms with Crippen molar-refractivity contribution in [2.45, 2.75) is 13.5 Å². The number of ether oxygens (including phenoxy) is 1. The normalized spacial score (nSPS) is 10.0. The summed E-state index contributed by atoms with van der Waals surface area (Å²) in [4.78, 5) is 26.2. The molecule has 1 aromatic carbocycles. The zero-order valence-corrected chi connectivity index (χ0v) is 12.7. The predicted octanol–water partition coefficient (Wildman–Crippen LogP) is 2.63. The number of hydrogen-bond donors (Lipinski definition) is 2. The fraction of sp³-hybridized carbons (Fsp3) is 0.200. The maximum absolute atomic E-state index is 11.9. The van der Waals surface area contributed by atoms with Gasteiger partial charge in [0.05, 0.1) is 12.0 Å². The van der Waals surface area contributed by atoms with E-state index in [-0.39, 0.29) is 12.2 Å². The maximum atomic E-state index is 11.9. The molecule has 2 rings (SSSR count). The predicted molar refractivity (Wildman–Crippen MR) is 84.5 cm³/mol. The lowest BCUT2D eigenvalue weighted by atomic mass is 10.1. The van der Waals surface area contributed by atoms with Gasteiger partial charge in [-0.3, -0.25) is 15.1 Å². The molecule has 0 aliphatic rings. The molecule has 1 heterocycles. The van der Waals surface area contributed by atoms with Crippen LogP contribution < -0.4 is 15.4 Å². The number of aromatic nitrogens is 1. The van der Waals surface area contributed by atoms with Gasteiger partial charge in [-0.15, -0.1) is 0 Å². The van der Waals surface area contributed by atoms with Crippen LogP contribution in [-0.4, -0.2) is 23.0 Å². The minimum absolute atomic E-state index is 0.0620. The molecule has 8 nitrogen and oxygen atoms in total. The molecule has 23 heavy (non-hydrogen) atoms.